The molecule has 0 aliphatic heterocycles. The van der Waals surface area contributed by atoms with Crippen molar-refractivity contribution in [1.82, 2.24) is 5.32 Å². The number of rotatable bonds is 2. The number of carbonyl (C=O) groups excluding carboxylic acids is 1. The molecule has 2 rings (SSSR count). The molecule has 0 saturated heterocycles. The minimum atomic E-state index is -2.64. The number of alkyl halides is 2. The van der Waals surface area contributed by atoms with Crippen LogP contribution in [0.4, 0.5) is 13.2 Å². The van der Waals surface area contributed by atoms with Crippen LogP contribution in [0.25, 0.3) is 0 Å². The summed E-state index contributed by atoms with van der Waals surface area (Å²) < 4.78 is 40.2. The summed E-state index contributed by atoms with van der Waals surface area (Å²) in [5, 5.41) is 2.64. The molecule has 6 heteroatoms. The largest absolute Gasteiger partial charge is 0.349 e. The van der Waals surface area contributed by atoms with Crippen molar-refractivity contribution in [3.8, 4) is 0 Å². The number of hydrogen-bond acceptors (Lipinski definition) is 1. The molecular formula is C14H15BrF3NO. The number of hydrogen-bond donors (Lipinski definition) is 1. The van der Waals surface area contributed by atoms with Crippen molar-refractivity contribution in [2.24, 2.45) is 0 Å². The van der Waals surface area contributed by atoms with E-state index >= 15 is 0 Å². The minimum Gasteiger partial charge on any atom is -0.349 e. The van der Waals surface area contributed by atoms with E-state index in [1.807, 2.05) is 0 Å². The number of halogens is 4. The van der Waals surface area contributed by atoms with Crippen LogP contribution in [0.15, 0.2) is 16.6 Å². The van der Waals surface area contributed by atoms with Crippen LogP contribution >= 0.6 is 15.9 Å². The second-order valence-corrected chi connectivity index (χ2v) is 5.95. The fourth-order valence-electron chi connectivity index (χ4n) is 2.31. The molecule has 0 spiro atoms. The lowest BCUT2D eigenvalue weighted by Crippen LogP contribution is -2.40. The molecule has 110 valence electrons. The van der Waals surface area contributed by atoms with Gasteiger partial charge >= 0.3 is 0 Å². The van der Waals surface area contributed by atoms with E-state index in [1.165, 1.54) is 6.07 Å². The lowest BCUT2D eigenvalue weighted by atomic mass is 9.92. The summed E-state index contributed by atoms with van der Waals surface area (Å²) in [5.41, 5.74) is 0.675. The van der Waals surface area contributed by atoms with E-state index < -0.39 is 17.6 Å². The van der Waals surface area contributed by atoms with Gasteiger partial charge in [-0.25, -0.2) is 13.2 Å². The van der Waals surface area contributed by atoms with E-state index in [0.717, 1.165) is 5.56 Å². The van der Waals surface area contributed by atoms with Crippen molar-refractivity contribution in [2.75, 3.05) is 0 Å². The van der Waals surface area contributed by atoms with Crippen molar-refractivity contribution >= 4 is 21.8 Å². The highest BCUT2D eigenvalue weighted by Crippen LogP contribution is 2.33. The molecule has 1 fully saturated rings. The van der Waals surface area contributed by atoms with Gasteiger partial charge in [0, 0.05) is 23.4 Å². The first-order chi connectivity index (χ1) is 9.30. The Kier molecular flexibility index (Phi) is 4.42. The van der Waals surface area contributed by atoms with Gasteiger partial charge in [-0.2, -0.15) is 0 Å². The van der Waals surface area contributed by atoms with E-state index in [0.29, 0.717) is 4.47 Å². The molecule has 1 aromatic carbocycles. The molecular weight excluding hydrogens is 335 g/mol. The van der Waals surface area contributed by atoms with Crippen molar-refractivity contribution in [2.45, 2.75) is 44.6 Å². The quantitative estimate of drug-likeness (QED) is 0.851. The van der Waals surface area contributed by atoms with E-state index in [-0.39, 0.29) is 37.3 Å². The van der Waals surface area contributed by atoms with Gasteiger partial charge in [-0.05, 0) is 47.3 Å². The predicted octanol–water partition coefficient (Wildman–Crippen LogP) is 4.20. The summed E-state index contributed by atoms with van der Waals surface area (Å²) in [4.78, 5) is 12.1. The van der Waals surface area contributed by atoms with Crippen LogP contribution in [-0.4, -0.2) is 17.9 Å². The summed E-state index contributed by atoms with van der Waals surface area (Å²) in [5.74, 6) is -3.83. The van der Waals surface area contributed by atoms with Crippen molar-refractivity contribution in [3.63, 3.8) is 0 Å². The first-order valence-electron chi connectivity index (χ1n) is 6.43. The average Bonchev–Trinajstić information content (AvgIpc) is 2.37. The second kappa shape index (κ2) is 5.76. The summed E-state index contributed by atoms with van der Waals surface area (Å²) in [6.45, 7) is 1.75. The minimum absolute atomic E-state index is 0.0673. The highest BCUT2D eigenvalue weighted by molar-refractivity contribution is 9.10. The van der Waals surface area contributed by atoms with E-state index in [1.54, 1.807) is 13.0 Å². The summed E-state index contributed by atoms with van der Waals surface area (Å²) in [6.07, 6.45) is -0.0571. The fraction of sp³-hybridized carbons (Fsp3) is 0.500. The Hall–Kier alpha value is -1.04. The van der Waals surface area contributed by atoms with Crippen LogP contribution in [0.3, 0.4) is 0 Å². The van der Waals surface area contributed by atoms with Crippen LogP contribution in [0.1, 0.15) is 41.6 Å². The van der Waals surface area contributed by atoms with Gasteiger partial charge in [0.25, 0.3) is 5.91 Å². The molecule has 1 N–H and O–H groups in total. The maximum atomic E-state index is 13.7. The zero-order valence-corrected chi connectivity index (χ0v) is 12.6. The zero-order chi connectivity index (χ0) is 14.9. The van der Waals surface area contributed by atoms with Gasteiger partial charge in [0.15, 0.2) is 0 Å². The molecule has 20 heavy (non-hydrogen) atoms. The molecule has 1 saturated carbocycles. The Balaban J connectivity index is 2.08. The van der Waals surface area contributed by atoms with Crippen LogP contribution in [0.5, 0.6) is 0 Å². The molecule has 1 aliphatic rings. The highest BCUT2D eigenvalue weighted by Gasteiger charge is 2.35. The summed E-state index contributed by atoms with van der Waals surface area (Å²) in [7, 11) is 0. The number of amides is 1. The first-order valence-corrected chi connectivity index (χ1v) is 7.23. The zero-order valence-electron chi connectivity index (χ0n) is 11.0. The molecule has 1 aromatic rings. The Labute approximate surface area is 123 Å². The normalized spacial score (nSPS) is 18.9. The Bertz CT molecular complexity index is 523. The lowest BCUT2D eigenvalue weighted by molar-refractivity contribution is -0.0399. The third-order valence-electron chi connectivity index (χ3n) is 3.56. The molecule has 1 aliphatic carbocycles. The van der Waals surface area contributed by atoms with E-state index in [2.05, 4.69) is 21.2 Å². The van der Waals surface area contributed by atoms with Gasteiger partial charge in [-0.15, -0.1) is 0 Å². The van der Waals surface area contributed by atoms with Crippen LogP contribution in [0.2, 0.25) is 0 Å². The average molecular weight is 350 g/mol. The van der Waals surface area contributed by atoms with Gasteiger partial charge in [0.05, 0.1) is 5.56 Å². The number of benzene rings is 1. The molecule has 0 heterocycles. The Morgan fingerprint density at radius 2 is 1.95 bits per heavy atom. The SMILES string of the molecule is Cc1ccc(F)c(C(=O)NC2CCC(F)(F)CC2)c1Br. The maximum absolute atomic E-state index is 13.7. The monoisotopic (exact) mass is 349 g/mol. The molecule has 0 bridgehead atoms. The van der Waals surface area contributed by atoms with Gasteiger partial charge in [0.2, 0.25) is 5.92 Å². The third-order valence-corrected chi connectivity index (χ3v) is 4.59. The third kappa shape index (κ3) is 3.34. The van der Waals surface area contributed by atoms with Crippen LogP contribution in [-0.2, 0) is 0 Å². The van der Waals surface area contributed by atoms with Gasteiger partial charge in [-0.1, -0.05) is 6.07 Å². The Morgan fingerprint density at radius 3 is 2.55 bits per heavy atom. The fourth-order valence-corrected chi connectivity index (χ4v) is 2.81. The number of aryl methyl sites for hydroxylation is 1. The molecule has 0 radical (unpaired) electrons. The maximum Gasteiger partial charge on any atom is 0.255 e. The van der Waals surface area contributed by atoms with Gasteiger partial charge in [-0.3, -0.25) is 4.79 Å². The highest BCUT2D eigenvalue weighted by atomic mass is 79.9. The Morgan fingerprint density at radius 1 is 1.35 bits per heavy atom. The van der Waals surface area contributed by atoms with Crippen molar-refractivity contribution in [3.05, 3.63) is 33.5 Å². The smallest absolute Gasteiger partial charge is 0.255 e. The predicted molar refractivity (Wildman–Crippen MR) is 73.5 cm³/mol. The van der Waals surface area contributed by atoms with Crippen molar-refractivity contribution in [1.29, 1.82) is 0 Å². The standard InChI is InChI=1S/C14H15BrF3NO/c1-8-2-3-10(16)11(12(8)15)13(20)19-9-4-6-14(17,18)7-5-9/h2-3,9H,4-7H2,1H3,(H,19,20). The summed E-state index contributed by atoms with van der Waals surface area (Å²) >= 11 is 3.19. The van der Waals surface area contributed by atoms with Gasteiger partial charge in [0.1, 0.15) is 5.82 Å². The molecule has 0 unspecified atom stereocenters. The van der Waals surface area contributed by atoms with E-state index in [4.69, 9.17) is 0 Å². The topological polar surface area (TPSA) is 29.1 Å². The first kappa shape index (κ1) is 15.4. The van der Waals surface area contributed by atoms with Crippen LogP contribution in [0, 0.1) is 12.7 Å². The molecule has 0 aromatic heterocycles. The molecule has 1 amide bonds. The van der Waals surface area contributed by atoms with Gasteiger partial charge < -0.3 is 5.32 Å². The summed E-state index contributed by atoms with van der Waals surface area (Å²) in [6, 6.07) is 2.47. The van der Waals surface area contributed by atoms with E-state index in [9.17, 15) is 18.0 Å². The molecule has 2 nitrogen and oxygen atoms in total. The molecule has 0 atom stereocenters. The number of nitrogens with one attached hydrogen (secondary N) is 1. The second-order valence-electron chi connectivity index (χ2n) is 5.16. The lowest BCUT2D eigenvalue weighted by Gasteiger charge is -2.29. The van der Waals surface area contributed by atoms with Crippen molar-refractivity contribution < 1.29 is 18.0 Å². The van der Waals surface area contributed by atoms with Crippen LogP contribution < -0.4 is 5.32 Å². The number of carbonyl (C=O) groups is 1.